The summed E-state index contributed by atoms with van der Waals surface area (Å²) in [7, 11) is -4.20. The Balaban J connectivity index is 5.69. The first kappa shape index (κ1) is 28.8. The van der Waals surface area contributed by atoms with E-state index in [0.29, 0.717) is 33.2 Å². The third kappa shape index (κ3) is 6.41. The predicted octanol–water partition coefficient (Wildman–Crippen LogP) is 6.05. The minimum absolute atomic E-state index is 0.325. The van der Waals surface area contributed by atoms with Crippen LogP contribution in [0.15, 0.2) is 0 Å². The van der Waals surface area contributed by atoms with E-state index in [1.807, 2.05) is 0 Å². The molecule has 6 heteroatoms. The largest absolute Gasteiger partial charge is 0.393 e. The molecule has 0 aliphatic carbocycles. The van der Waals surface area contributed by atoms with Gasteiger partial charge in [-0.1, -0.05) is 89.0 Å². The van der Waals surface area contributed by atoms with E-state index >= 15 is 0 Å². The maximum absolute atomic E-state index is 10.7. The molecule has 0 saturated heterocycles. The standard InChI is InChI=1S/C23H48O4Si2/c1-16(2)28(17(3)4,18(5)6)14-13-22(25)23(15-24)26-27-29(19(7)8,20(9)10)21(11)12/h16-25H,15H2,1-12H3. The Bertz CT molecular complexity index is 489. The van der Waals surface area contributed by atoms with Gasteiger partial charge in [0.05, 0.1) is 6.61 Å². The summed E-state index contributed by atoms with van der Waals surface area (Å²) in [5.74, 6) is 3.06. The fourth-order valence-electron chi connectivity index (χ4n) is 5.34. The molecule has 0 rings (SSSR count). The van der Waals surface area contributed by atoms with E-state index in [4.69, 9.17) is 9.46 Å². The predicted molar refractivity (Wildman–Crippen MR) is 129 cm³/mol. The lowest BCUT2D eigenvalue weighted by atomic mass is 10.2. The van der Waals surface area contributed by atoms with Crippen LogP contribution in [-0.4, -0.2) is 45.4 Å². The molecule has 172 valence electrons. The van der Waals surface area contributed by atoms with Crippen LogP contribution in [0, 0.1) is 11.5 Å². The number of hydrogen-bond donors (Lipinski definition) is 2. The summed E-state index contributed by atoms with van der Waals surface area (Å²) in [5.41, 5.74) is 6.02. The van der Waals surface area contributed by atoms with Gasteiger partial charge in [-0.3, -0.25) is 4.58 Å². The minimum Gasteiger partial charge on any atom is -0.393 e. The van der Waals surface area contributed by atoms with Crippen molar-refractivity contribution in [3.05, 3.63) is 0 Å². The maximum atomic E-state index is 10.7. The molecule has 0 aliphatic rings. The van der Waals surface area contributed by atoms with E-state index in [1.165, 1.54) is 0 Å². The zero-order valence-corrected chi connectivity index (χ0v) is 23.0. The smallest absolute Gasteiger partial charge is 0.246 e. The highest BCUT2D eigenvalue weighted by molar-refractivity contribution is 6.90. The number of rotatable bonds is 11. The maximum Gasteiger partial charge on any atom is 0.246 e. The Morgan fingerprint density at radius 3 is 1.34 bits per heavy atom. The van der Waals surface area contributed by atoms with Gasteiger partial charge in [0.2, 0.25) is 8.32 Å². The molecule has 0 saturated carbocycles. The number of aliphatic hydroxyl groups excluding tert-OH is 2. The van der Waals surface area contributed by atoms with Gasteiger partial charge in [0.15, 0.2) is 6.10 Å². The molecular formula is C23H48O4Si2. The molecule has 0 aromatic heterocycles. The normalized spacial score (nSPS) is 15.6. The first-order valence-corrected chi connectivity index (χ1v) is 15.7. The summed E-state index contributed by atoms with van der Waals surface area (Å²) in [6.07, 6.45) is -1.93. The Morgan fingerprint density at radius 2 is 1.07 bits per heavy atom. The van der Waals surface area contributed by atoms with Crippen LogP contribution < -0.4 is 0 Å². The molecule has 0 fully saturated rings. The lowest BCUT2D eigenvalue weighted by Crippen LogP contribution is -2.49. The van der Waals surface area contributed by atoms with Crippen LogP contribution in [0.4, 0.5) is 0 Å². The molecule has 0 radical (unpaired) electrons. The van der Waals surface area contributed by atoms with Crippen molar-refractivity contribution in [1.29, 1.82) is 0 Å². The topological polar surface area (TPSA) is 58.9 Å². The second-order valence-corrected chi connectivity index (χ2v) is 21.2. The van der Waals surface area contributed by atoms with Gasteiger partial charge in [0.25, 0.3) is 0 Å². The summed E-state index contributed by atoms with van der Waals surface area (Å²) < 4.78 is 6.12. The molecular weight excluding hydrogens is 396 g/mol. The van der Waals surface area contributed by atoms with Crippen molar-refractivity contribution in [1.82, 2.24) is 0 Å². The van der Waals surface area contributed by atoms with Crippen molar-refractivity contribution in [2.24, 2.45) is 0 Å². The van der Waals surface area contributed by atoms with E-state index in [9.17, 15) is 10.2 Å². The van der Waals surface area contributed by atoms with Gasteiger partial charge in [-0.05, 0) is 33.2 Å². The molecule has 2 N–H and O–H groups in total. The molecule has 0 aromatic carbocycles. The number of aliphatic hydroxyl groups is 2. The third-order valence-corrected chi connectivity index (χ3v) is 19.0. The van der Waals surface area contributed by atoms with Gasteiger partial charge in [0, 0.05) is 0 Å². The van der Waals surface area contributed by atoms with Crippen molar-refractivity contribution >= 4 is 16.4 Å². The van der Waals surface area contributed by atoms with E-state index in [1.54, 1.807) is 0 Å². The first-order chi connectivity index (χ1) is 13.2. The molecule has 0 aromatic rings. The third-order valence-electron chi connectivity index (χ3n) is 6.86. The monoisotopic (exact) mass is 444 g/mol. The van der Waals surface area contributed by atoms with E-state index in [-0.39, 0.29) is 6.61 Å². The average molecular weight is 445 g/mol. The molecule has 0 amide bonds. The average Bonchev–Trinajstić information content (AvgIpc) is 2.57. The summed E-state index contributed by atoms with van der Waals surface area (Å²) in [6, 6.07) is 0. The Morgan fingerprint density at radius 1 is 0.690 bits per heavy atom. The van der Waals surface area contributed by atoms with Crippen LogP contribution in [0.25, 0.3) is 0 Å². The Kier molecular flexibility index (Phi) is 12.0. The molecule has 29 heavy (non-hydrogen) atoms. The Labute approximate surface area is 182 Å². The van der Waals surface area contributed by atoms with Gasteiger partial charge in [-0.2, -0.15) is 0 Å². The van der Waals surface area contributed by atoms with Crippen molar-refractivity contribution in [2.75, 3.05) is 6.61 Å². The molecule has 4 nitrogen and oxygen atoms in total. The molecule has 0 heterocycles. The minimum atomic E-state index is -2.25. The lowest BCUT2D eigenvalue weighted by molar-refractivity contribution is -0.280. The zero-order valence-electron chi connectivity index (χ0n) is 21.0. The summed E-state index contributed by atoms with van der Waals surface area (Å²) >= 11 is 0. The van der Waals surface area contributed by atoms with Crippen molar-refractivity contribution in [2.45, 2.75) is 129 Å². The fourth-order valence-corrected chi connectivity index (χ4v) is 15.5. The lowest BCUT2D eigenvalue weighted by Gasteiger charge is -2.41. The van der Waals surface area contributed by atoms with Gasteiger partial charge in [-0.25, -0.2) is 4.89 Å². The first-order valence-electron chi connectivity index (χ1n) is 11.4. The molecule has 0 bridgehead atoms. The van der Waals surface area contributed by atoms with Crippen LogP contribution in [0.2, 0.25) is 33.2 Å². The second kappa shape index (κ2) is 12.0. The summed E-state index contributed by atoms with van der Waals surface area (Å²) in [6.45, 7) is 26.2. The van der Waals surface area contributed by atoms with Crippen LogP contribution in [0.5, 0.6) is 0 Å². The van der Waals surface area contributed by atoms with Gasteiger partial charge >= 0.3 is 0 Å². The zero-order chi connectivity index (χ0) is 23.2. The molecule has 2 atom stereocenters. The molecule has 0 spiro atoms. The highest BCUT2D eigenvalue weighted by atomic mass is 28.4. The van der Waals surface area contributed by atoms with Crippen LogP contribution >= 0.6 is 0 Å². The van der Waals surface area contributed by atoms with E-state index < -0.39 is 28.6 Å². The quantitative estimate of drug-likeness (QED) is 0.176. The molecule has 2 unspecified atom stereocenters. The molecule has 0 aliphatic heterocycles. The van der Waals surface area contributed by atoms with Crippen LogP contribution in [-0.2, 0) is 9.46 Å². The van der Waals surface area contributed by atoms with Crippen molar-refractivity contribution < 1.29 is 19.7 Å². The number of hydrogen-bond acceptors (Lipinski definition) is 4. The summed E-state index contributed by atoms with van der Waals surface area (Å²) in [4.78, 5) is 5.72. The SMILES string of the molecule is CC(C)[Si](C#CC(O)C(CO)OO[Si](C(C)C)(C(C)C)C(C)C)(C(C)C)C(C)C. The van der Waals surface area contributed by atoms with Crippen LogP contribution in [0.3, 0.4) is 0 Å². The second-order valence-electron chi connectivity index (χ2n) is 10.3. The highest BCUT2D eigenvalue weighted by Gasteiger charge is 2.48. The van der Waals surface area contributed by atoms with Crippen molar-refractivity contribution in [3.8, 4) is 11.5 Å². The van der Waals surface area contributed by atoms with Crippen LogP contribution in [0.1, 0.15) is 83.1 Å². The fraction of sp³-hybridized carbons (Fsp3) is 0.913. The van der Waals surface area contributed by atoms with Crippen molar-refractivity contribution in [3.63, 3.8) is 0 Å². The summed E-state index contributed by atoms with van der Waals surface area (Å²) in [5, 5.41) is 20.6. The van der Waals surface area contributed by atoms with Gasteiger partial charge in [-0.15, -0.1) is 5.54 Å². The Hall–Kier alpha value is -0.166. The highest BCUT2D eigenvalue weighted by Crippen LogP contribution is 2.43. The van der Waals surface area contributed by atoms with E-state index in [0.717, 1.165) is 0 Å². The van der Waals surface area contributed by atoms with Gasteiger partial charge in [0.1, 0.15) is 14.2 Å². The van der Waals surface area contributed by atoms with E-state index in [2.05, 4.69) is 94.5 Å². The van der Waals surface area contributed by atoms with Gasteiger partial charge < -0.3 is 10.2 Å².